The number of halogens is 2. The molecule has 0 radical (unpaired) electrons. The fourth-order valence-electron chi connectivity index (χ4n) is 3.30. The Kier molecular flexibility index (Phi) is 7.24. The van der Waals surface area contributed by atoms with Crippen molar-refractivity contribution in [2.45, 2.75) is 13.0 Å². The highest BCUT2D eigenvalue weighted by atomic mass is 19.1. The van der Waals surface area contributed by atoms with Crippen molar-refractivity contribution in [1.29, 1.82) is 0 Å². The molecule has 10 heteroatoms. The number of ether oxygens (including phenoxy) is 3. The van der Waals surface area contributed by atoms with E-state index in [1.54, 1.807) is 12.0 Å². The van der Waals surface area contributed by atoms with Crippen LogP contribution in [0.5, 0.6) is 11.5 Å². The lowest BCUT2D eigenvalue weighted by Gasteiger charge is -2.29. The highest BCUT2D eigenvalue weighted by Crippen LogP contribution is 2.33. The largest absolute Gasteiger partial charge is 0.493 e. The molecule has 0 bridgehead atoms. The third kappa shape index (κ3) is 5.32. The summed E-state index contributed by atoms with van der Waals surface area (Å²) in [4.78, 5) is 37.8. The van der Waals surface area contributed by atoms with Gasteiger partial charge in [0.15, 0.2) is 18.1 Å². The number of carbonyl (C=O) groups is 3. The third-order valence-electron chi connectivity index (χ3n) is 5.00. The molecular weight excluding hydrogens is 426 g/mol. The van der Waals surface area contributed by atoms with E-state index in [4.69, 9.17) is 14.2 Å². The van der Waals surface area contributed by atoms with Crippen LogP contribution in [0.4, 0.5) is 8.78 Å². The highest BCUT2D eigenvalue weighted by molar-refractivity contribution is 5.96. The zero-order valence-electron chi connectivity index (χ0n) is 17.6. The maximum Gasteiger partial charge on any atom is 0.325 e. The maximum absolute atomic E-state index is 13.6. The lowest BCUT2D eigenvalue weighted by atomic mass is 9.99. The molecule has 0 atom stereocenters. The molecule has 0 spiro atoms. The van der Waals surface area contributed by atoms with Crippen molar-refractivity contribution in [2.75, 3.05) is 33.9 Å². The second kappa shape index (κ2) is 10.1. The quantitative estimate of drug-likeness (QED) is 0.650. The van der Waals surface area contributed by atoms with Gasteiger partial charge in [-0.05, 0) is 41.8 Å². The minimum Gasteiger partial charge on any atom is -0.493 e. The van der Waals surface area contributed by atoms with Crippen molar-refractivity contribution >= 4 is 17.8 Å². The van der Waals surface area contributed by atoms with E-state index in [1.807, 2.05) is 12.1 Å². The number of amides is 2. The van der Waals surface area contributed by atoms with Crippen LogP contribution in [0.1, 0.15) is 21.5 Å². The van der Waals surface area contributed by atoms with Crippen LogP contribution in [-0.2, 0) is 27.3 Å². The summed E-state index contributed by atoms with van der Waals surface area (Å²) in [6, 6.07) is 6.14. The molecule has 0 aromatic heterocycles. The number of hydrogen-bond acceptors (Lipinski definition) is 6. The summed E-state index contributed by atoms with van der Waals surface area (Å²) in [5.74, 6) is -2.86. The molecule has 32 heavy (non-hydrogen) atoms. The van der Waals surface area contributed by atoms with Gasteiger partial charge in [-0.1, -0.05) is 0 Å². The van der Waals surface area contributed by atoms with Gasteiger partial charge >= 0.3 is 5.97 Å². The number of benzene rings is 2. The summed E-state index contributed by atoms with van der Waals surface area (Å²) in [6.07, 6.45) is 0.606. The molecule has 0 unspecified atom stereocenters. The number of nitrogens with one attached hydrogen (secondary N) is 1. The zero-order valence-corrected chi connectivity index (χ0v) is 17.6. The van der Waals surface area contributed by atoms with E-state index in [1.165, 1.54) is 7.11 Å². The molecule has 2 aromatic carbocycles. The molecule has 0 aliphatic carbocycles. The van der Waals surface area contributed by atoms with Gasteiger partial charge in [0.1, 0.15) is 18.2 Å². The SMILES string of the molecule is COc1cc2c(cc1OC)CN(C(=O)COC(=O)CNC(=O)c1ccc(F)cc1F)CC2. The maximum atomic E-state index is 13.6. The molecule has 1 aliphatic heterocycles. The molecule has 3 rings (SSSR count). The van der Waals surface area contributed by atoms with Crippen molar-refractivity contribution < 1.29 is 37.4 Å². The van der Waals surface area contributed by atoms with Crippen LogP contribution in [0.3, 0.4) is 0 Å². The van der Waals surface area contributed by atoms with E-state index in [9.17, 15) is 23.2 Å². The lowest BCUT2D eigenvalue weighted by Crippen LogP contribution is -2.39. The van der Waals surface area contributed by atoms with Gasteiger partial charge in [0.25, 0.3) is 11.8 Å². The van der Waals surface area contributed by atoms with E-state index in [0.29, 0.717) is 37.1 Å². The lowest BCUT2D eigenvalue weighted by molar-refractivity contribution is -0.151. The average Bonchev–Trinajstić information content (AvgIpc) is 2.79. The second-order valence-corrected chi connectivity index (χ2v) is 7.01. The standard InChI is InChI=1S/C22H22F2N2O6/c1-30-18-7-13-5-6-26(11-14(13)8-19(18)31-2)20(27)12-32-21(28)10-25-22(29)16-4-3-15(23)9-17(16)24/h3-4,7-9H,5-6,10-12H2,1-2H3,(H,25,29). The van der Waals surface area contributed by atoms with Crippen molar-refractivity contribution in [2.24, 2.45) is 0 Å². The van der Waals surface area contributed by atoms with Gasteiger partial charge in [-0.25, -0.2) is 8.78 Å². The Morgan fingerprint density at radius 3 is 2.38 bits per heavy atom. The molecule has 2 amide bonds. The van der Waals surface area contributed by atoms with Crippen molar-refractivity contribution in [3.63, 3.8) is 0 Å². The summed E-state index contributed by atoms with van der Waals surface area (Å²) < 4.78 is 42.0. The van der Waals surface area contributed by atoms with Gasteiger partial charge in [-0.2, -0.15) is 0 Å². The second-order valence-electron chi connectivity index (χ2n) is 7.01. The summed E-state index contributed by atoms with van der Waals surface area (Å²) in [7, 11) is 3.08. The van der Waals surface area contributed by atoms with Crippen LogP contribution in [0.15, 0.2) is 30.3 Å². The zero-order chi connectivity index (χ0) is 23.3. The molecule has 2 aromatic rings. The van der Waals surface area contributed by atoms with E-state index in [2.05, 4.69) is 5.32 Å². The molecule has 0 saturated heterocycles. The van der Waals surface area contributed by atoms with E-state index in [0.717, 1.165) is 23.3 Å². The van der Waals surface area contributed by atoms with E-state index < -0.39 is 48.1 Å². The molecule has 8 nitrogen and oxygen atoms in total. The van der Waals surface area contributed by atoms with Crippen LogP contribution >= 0.6 is 0 Å². The van der Waals surface area contributed by atoms with Gasteiger partial charge in [0.2, 0.25) is 0 Å². The Morgan fingerprint density at radius 2 is 1.72 bits per heavy atom. The summed E-state index contributed by atoms with van der Waals surface area (Å²) >= 11 is 0. The number of carbonyl (C=O) groups excluding carboxylic acids is 3. The van der Waals surface area contributed by atoms with E-state index in [-0.39, 0.29) is 0 Å². The highest BCUT2D eigenvalue weighted by Gasteiger charge is 2.24. The summed E-state index contributed by atoms with van der Waals surface area (Å²) in [6.45, 7) is -0.295. The number of fused-ring (bicyclic) bond motifs is 1. The molecule has 0 fully saturated rings. The Balaban J connectivity index is 1.49. The van der Waals surface area contributed by atoms with Crippen LogP contribution in [-0.4, -0.2) is 56.6 Å². The minimum absolute atomic E-state index is 0.326. The number of esters is 1. The third-order valence-corrected chi connectivity index (χ3v) is 5.00. The predicted octanol–water partition coefficient (Wildman–Crippen LogP) is 1.84. The topological polar surface area (TPSA) is 94.2 Å². The fourth-order valence-corrected chi connectivity index (χ4v) is 3.30. The Hall–Kier alpha value is -3.69. The molecule has 1 N–H and O–H groups in total. The van der Waals surface area contributed by atoms with Gasteiger partial charge in [0.05, 0.1) is 19.8 Å². The number of rotatable bonds is 7. The van der Waals surface area contributed by atoms with Crippen LogP contribution in [0, 0.1) is 11.6 Å². The monoisotopic (exact) mass is 448 g/mol. The average molecular weight is 448 g/mol. The van der Waals surface area contributed by atoms with Crippen LogP contribution in [0.25, 0.3) is 0 Å². The summed E-state index contributed by atoms with van der Waals surface area (Å²) in [5, 5.41) is 2.17. The first-order valence-corrected chi connectivity index (χ1v) is 9.72. The van der Waals surface area contributed by atoms with Crippen molar-refractivity contribution in [1.82, 2.24) is 10.2 Å². The Morgan fingerprint density at radius 1 is 1.03 bits per heavy atom. The van der Waals surface area contributed by atoms with Gasteiger partial charge in [0, 0.05) is 19.2 Å². The minimum atomic E-state index is -1.05. The summed E-state index contributed by atoms with van der Waals surface area (Å²) in [5.41, 5.74) is 1.54. The molecule has 1 aliphatic rings. The van der Waals surface area contributed by atoms with Gasteiger partial charge in [-0.15, -0.1) is 0 Å². The van der Waals surface area contributed by atoms with Crippen molar-refractivity contribution in [3.8, 4) is 11.5 Å². The number of hydrogen-bond donors (Lipinski definition) is 1. The first-order valence-electron chi connectivity index (χ1n) is 9.72. The van der Waals surface area contributed by atoms with Gasteiger partial charge < -0.3 is 24.4 Å². The fraction of sp³-hybridized carbons (Fsp3) is 0.318. The van der Waals surface area contributed by atoms with Crippen molar-refractivity contribution in [3.05, 3.63) is 58.7 Å². The normalized spacial score (nSPS) is 12.6. The molecule has 0 saturated carbocycles. The molecule has 1 heterocycles. The number of nitrogens with zero attached hydrogens (tertiary/aromatic N) is 1. The van der Waals surface area contributed by atoms with E-state index >= 15 is 0 Å². The smallest absolute Gasteiger partial charge is 0.325 e. The molecule has 170 valence electrons. The first kappa shape index (κ1) is 23.0. The van der Waals surface area contributed by atoms with Crippen LogP contribution < -0.4 is 14.8 Å². The Bertz CT molecular complexity index is 1040. The Labute approximate surface area is 183 Å². The van der Waals surface area contributed by atoms with Crippen LogP contribution in [0.2, 0.25) is 0 Å². The predicted molar refractivity (Wildman–Crippen MR) is 108 cm³/mol. The number of methoxy groups -OCH3 is 2. The van der Waals surface area contributed by atoms with Gasteiger partial charge in [-0.3, -0.25) is 14.4 Å². The first-order chi connectivity index (χ1) is 15.3. The molecular formula is C22H22F2N2O6.